The molecule has 1 aromatic carbocycles. The highest BCUT2D eigenvalue weighted by molar-refractivity contribution is 5.77. The van der Waals surface area contributed by atoms with Gasteiger partial charge in [-0.2, -0.15) is 0 Å². The molecule has 3 aromatic heterocycles. The topological polar surface area (TPSA) is 124 Å². The van der Waals surface area contributed by atoms with Gasteiger partial charge in [-0.15, -0.1) is 10.2 Å². The number of hydrogen-bond acceptors (Lipinski definition) is 8. The zero-order chi connectivity index (χ0) is 20.4. The predicted molar refractivity (Wildman–Crippen MR) is 102 cm³/mol. The first kappa shape index (κ1) is 18.6. The van der Waals surface area contributed by atoms with Crippen LogP contribution in [0.25, 0.3) is 22.4 Å². The van der Waals surface area contributed by atoms with E-state index in [9.17, 15) is 9.59 Å². The van der Waals surface area contributed by atoms with Crippen molar-refractivity contribution in [3.05, 3.63) is 63.9 Å². The maximum atomic E-state index is 12.1. The molecule has 9 heteroatoms. The number of esters is 1. The number of H-pyrrole nitrogens is 1. The zero-order valence-electron chi connectivity index (χ0n) is 15.9. The number of aromatic amines is 1. The SMILES string of the molecule is Cc1cc(-c2nnc(COC(=O)CCc3nc4ccccc4c(=O)[nH]3)o2)c(C)o1. The Morgan fingerprint density at radius 1 is 1.17 bits per heavy atom. The lowest BCUT2D eigenvalue weighted by Crippen LogP contribution is -2.14. The van der Waals surface area contributed by atoms with Gasteiger partial charge in [-0.1, -0.05) is 12.1 Å². The molecule has 3 heterocycles. The molecule has 29 heavy (non-hydrogen) atoms. The van der Waals surface area contributed by atoms with E-state index < -0.39 is 5.97 Å². The summed E-state index contributed by atoms with van der Waals surface area (Å²) in [5, 5.41) is 8.35. The summed E-state index contributed by atoms with van der Waals surface area (Å²) >= 11 is 0. The van der Waals surface area contributed by atoms with Gasteiger partial charge in [-0.3, -0.25) is 9.59 Å². The van der Waals surface area contributed by atoms with Crippen LogP contribution < -0.4 is 5.56 Å². The monoisotopic (exact) mass is 394 g/mol. The second-order valence-corrected chi connectivity index (χ2v) is 6.52. The Morgan fingerprint density at radius 3 is 2.79 bits per heavy atom. The Kier molecular flexibility index (Phi) is 4.94. The first-order valence-electron chi connectivity index (χ1n) is 9.03. The molecule has 0 radical (unpaired) electrons. The molecule has 4 aromatic rings. The van der Waals surface area contributed by atoms with Crippen molar-refractivity contribution in [2.75, 3.05) is 0 Å². The smallest absolute Gasteiger partial charge is 0.306 e. The third-order valence-electron chi connectivity index (χ3n) is 4.32. The number of para-hydroxylation sites is 1. The highest BCUT2D eigenvalue weighted by Gasteiger charge is 2.16. The van der Waals surface area contributed by atoms with Gasteiger partial charge in [0, 0.05) is 6.42 Å². The Balaban J connectivity index is 1.34. The van der Waals surface area contributed by atoms with Crippen LogP contribution in [0.15, 0.2) is 44.0 Å². The van der Waals surface area contributed by atoms with E-state index in [0.29, 0.717) is 33.9 Å². The molecule has 0 saturated carbocycles. The summed E-state index contributed by atoms with van der Waals surface area (Å²) in [4.78, 5) is 31.1. The zero-order valence-corrected chi connectivity index (χ0v) is 15.9. The fourth-order valence-corrected chi connectivity index (χ4v) is 2.95. The molecule has 1 N–H and O–H groups in total. The van der Waals surface area contributed by atoms with Crippen molar-refractivity contribution >= 4 is 16.9 Å². The lowest BCUT2D eigenvalue weighted by molar-refractivity contribution is -0.145. The van der Waals surface area contributed by atoms with E-state index in [1.165, 1.54) is 0 Å². The Morgan fingerprint density at radius 2 is 2.00 bits per heavy atom. The molecule has 0 spiro atoms. The molecule has 4 rings (SSSR count). The second-order valence-electron chi connectivity index (χ2n) is 6.52. The van der Waals surface area contributed by atoms with Gasteiger partial charge < -0.3 is 18.6 Å². The minimum Gasteiger partial charge on any atom is -0.466 e. The number of aromatic nitrogens is 4. The van der Waals surface area contributed by atoms with Gasteiger partial charge in [0.15, 0.2) is 6.61 Å². The van der Waals surface area contributed by atoms with Gasteiger partial charge in [-0.25, -0.2) is 4.98 Å². The average Bonchev–Trinajstić information content (AvgIpc) is 3.30. The van der Waals surface area contributed by atoms with Gasteiger partial charge in [-0.05, 0) is 32.0 Å². The largest absolute Gasteiger partial charge is 0.466 e. The highest BCUT2D eigenvalue weighted by atomic mass is 16.5. The Labute approximate surface area is 164 Å². The molecule has 0 saturated heterocycles. The number of carbonyl (C=O) groups excluding carboxylic acids is 1. The van der Waals surface area contributed by atoms with Crippen molar-refractivity contribution < 1.29 is 18.4 Å². The second kappa shape index (κ2) is 7.70. The van der Waals surface area contributed by atoms with Crippen LogP contribution in [0.1, 0.15) is 29.7 Å². The fraction of sp³-hybridized carbons (Fsp3) is 0.250. The molecule has 0 amide bonds. The number of aryl methyl sites for hydroxylation is 3. The fourth-order valence-electron chi connectivity index (χ4n) is 2.95. The van der Waals surface area contributed by atoms with Crippen LogP contribution in [-0.4, -0.2) is 26.1 Å². The molecule has 0 bridgehead atoms. The first-order chi connectivity index (χ1) is 14.0. The van der Waals surface area contributed by atoms with E-state index in [0.717, 1.165) is 5.76 Å². The molecule has 0 aliphatic heterocycles. The number of nitrogens with one attached hydrogen (secondary N) is 1. The lowest BCUT2D eigenvalue weighted by atomic mass is 10.2. The highest BCUT2D eigenvalue weighted by Crippen LogP contribution is 2.25. The normalized spacial score (nSPS) is 11.1. The van der Waals surface area contributed by atoms with Gasteiger partial charge in [0.05, 0.1) is 22.9 Å². The summed E-state index contributed by atoms with van der Waals surface area (Å²) in [5.74, 6) is 1.87. The standard InChI is InChI=1S/C20H18N4O5/c1-11-9-14(12(2)28-11)20-24-23-17(29-20)10-27-18(25)8-7-16-21-15-6-4-3-5-13(15)19(26)22-16/h3-6,9H,7-8,10H2,1-2H3,(H,21,22,26). The summed E-state index contributed by atoms with van der Waals surface area (Å²) in [6.07, 6.45) is 0.309. The van der Waals surface area contributed by atoms with Gasteiger partial charge in [0.1, 0.15) is 17.3 Å². The number of hydrogen-bond donors (Lipinski definition) is 1. The third kappa shape index (κ3) is 4.08. The minimum absolute atomic E-state index is 0.0578. The maximum absolute atomic E-state index is 12.1. The van der Waals surface area contributed by atoms with Gasteiger partial charge in [0.2, 0.25) is 0 Å². The summed E-state index contributed by atoms with van der Waals surface area (Å²) in [5.41, 5.74) is 1.06. The van der Waals surface area contributed by atoms with E-state index in [2.05, 4.69) is 20.2 Å². The lowest BCUT2D eigenvalue weighted by Gasteiger charge is -2.03. The molecule has 0 aliphatic rings. The van der Waals surface area contributed by atoms with Crippen molar-refractivity contribution in [2.24, 2.45) is 0 Å². The molecule has 0 atom stereocenters. The van der Waals surface area contributed by atoms with Crippen molar-refractivity contribution in [1.29, 1.82) is 0 Å². The number of ether oxygens (including phenoxy) is 1. The van der Waals surface area contributed by atoms with Crippen molar-refractivity contribution in [3.63, 3.8) is 0 Å². The quantitative estimate of drug-likeness (QED) is 0.495. The molecular weight excluding hydrogens is 376 g/mol. The van der Waals surface area contributed by atoms with E-state index in [1.54, 1.807) is 37.3 Å². The number of rotatable bonds is 6. The van der Waals surface area contributed by atoms with Crippen LogP contribution in [0.3, 0.4) is 0 Å². The molecule has 0 aliphatic carbocycles. The molecule has 0 fully saturated rings. The summed E-state index contributed by atoms with van der Waals surface area (Å²) in [7, 11) is 0. The van der Waals surface area contributed by atoms with Gasteiger partial charge in [0.25, 0.3) is 17.3 Å². The number of carbonyl (C=O) groups is 1. The number of furan rings is 1. The Hall–Kier alpha value is -3.75. The molecular formula is C20H18N4O5. The number of benzene rings is 1. The summed E-state index contributed by atoms with van der Waals surface area (Å²) in [6.45, 7) is 3.49. The number of fused-ring (bicyclic) bond motifs is 1. The van der Waals surface area contributed by atoms with E-state index in [1.807, 2.05) is 6.92 Å². The number of nitrogens with zero attached hydrogens (tertiary/aromatic N) is 3. The molecule has 0 unspecified atom stereocenters. The maximum Gasteiger partial charge on any atom is 0.306 e. The average molecular weight is 394 g/mol. The van der Waals surface area contributed by atoms with Crippen LogP contribution >= 0.6 is 0 Å². The molecule has 148 valence electrons. The summed E-state index contributed by atoms with van der Waals surface area (Å²) < 4.78 is 16.1. The van der Waals surface area contributed by atoms with E-state index in [-0.39, 0.29) is 30.9 Å². The van der Waals surface area contributed by atoms with Crippen LogP contribution in [0.2, 0.25) is 0 Å². The third-order valence-corrected chi connectivity index (χ3v) is 4.32. The van der Waals surface area contributed by atoms with Crippen LogP contribution in [0.4, 0.5) is 0 Å². The predicted octanol–water partition coefficient (Wildman–Crippen LogP) is 2.86. The van der Waals surface area contributed by atoms with Crippen molar-refractivity contribution in [2.45, 2.75) is 33.3 Å². The van der Waals surface area contributed by atoms with Crippen molar-refractivity contribution in [3.8, 4) is 11.5 Å². The molecule has 9 nitrogen and oxygen atoms in total. The van der Waals surface area contributed by atoms with Crippen LogP contribution in [-0.2, 0) is 22.6 Å². The Bertz CT molecular complexity index is 1240. The van der Waals surface area contributed by atoms with E-state index >= 15 is 0 Å². The van der Waals surface area contributed by atoms with Crippen LogP contribution in [0.5, 0.6) is 0 Å². The van der Waals surface area contributed by atoms with Crippen LogP contribution in [0, 0.1) is 13.8 Å². The summed E-state index contributed by atoms with van der Waals surface area (Å²) in [6, 6.07) is 8.83. The first-order valence-corrected chi connectivity index (χ1v) is 9.03. The van der Waals surface area contributed by atoms with E-state index in [4.69, 9.17) is 13.6 Å². The van der Waals surface area contributed by atoms with Crippen molar-refractivity contribution in [1.82, 2.24) is 20.2 Å². The minimum atomic E-state index is -0.462. The van der Waals surface area contributed by atoms with Gasteiger partial charge >= 0.3 is 5.97 Å².